The van der Waals surface area contributed by atoms with Gasteiger partial charge in [-0.25, -0.2) is 4.57 Å². The van der Waals surface area contributed by atoms with Gasteiger partial charge in [0.1, 0.15) is 18.2 Å². The van der Waals surface area contributed by atoms with E-state index in [4.69, 9.17) is 4.42 Å². The second-order valence-electron chi connectivity index (χ2n) is 12.9. The van der Waals surface area contributed by atoms with E-state index in [2.05, 4.69) is 109 Å². The van der Waals surface area contributed by atoms with Gasteiger partial charge in [-0.3, -0.25) is 0 Å². The smallest absolute Gasteiger partial charge is 0.216 e. The van der Waals surface area contributed by atoms with Gasteiger partial charge in [-0.15, -0.1) is 0 Å². The average molecular weight is 488 g/mol. The lowest BCUT2D eigenvalue weighted by Gasteiger charge is -2.33. The molecule has 0 bridgehead atoms. The first-order chi connectivity index (χ1) is 17.4. The highest BCUT2D eigenvalue weighted by molar-refractivity contribution is 6.13. The van der Waals surface area contributed by atoms with Crippen molar-refractivity contribution in [2.45, 2.75) is 54.9 Å². The Bertz CT molecular complexity index is 1750. The van der Waals surface area contributed by atoms with E-state index in [-0.39, 0.29) is 16.2 Å². The topological polar surface area (TPSA) is 40.8 Å². The fraction of sp³-hybridized carbons (Fsp3) is 0.353. The maximum absolute atomic E-state index is 10.3. The summed E-state index contributed by atoms with van der Waals surface area (Å²) in [6.45, 7) is 16.2. The summed E-state index contributed by atoms with van der Waals surface area (Å²) >= 11 is 0. The Hall–Kier alpha value is -3.64. The van der Waals surface area contributed by atoms with E-state index in [0.717, 1.165) is 45.2 Å². The number of nitrogens with zero attached hydrogens (tertiary/aromatic N) is 2. The third-order valence-electron chi connectivity index (χ3n) is 8.63. The Morgan fingerprint density at radius 1 is 0.865 bits per heavy atom. The zero-order chi connectivity index (χ0) is 26.5. The third-order valence-corrected chi connectivity index (χ3v) is 8.63. The van der Waals surface area contributed by atoms with Gasteiger partial charge in [0.25, 0.3) is 0 Å². The molecule has 0 atom stereocenters. The molecule has 2 aromatic heterocycles. The molecule has 186 valence electrons. The molecule has 0 saturated carbocycles. The highest BCUT2D eigenvalue weighted by Gasteiger charge is 2.53. The van der Waals surface area contributed by atoms with Gasteiger partial charge in [-0.1, -0.05) is 65.3 Å². The summed E-state index contributed by atoms with van der Waals surface area (Å²) in [5.41, 5.74) is 10.8. The van der Waals surface area contributed by atoms with Gasteiger partial charge in [-0.05, 0) is 59.1 Å². The number of furan rings is 1. The van der Waals surface area contributed by atoms with Crippen LogP contribution in [0.15, 0.2) is 70.3 Å². The summed E-state index contributed by atoms with van der Waals surface area (Å²) in [5, 5.41) is 12.4. The van der Waals surface area contributed by atoms with Crippen LogP contribution in [0, 0.1) is 34.5 Å². The van der Waals surface area contributed by atoms with Gasteiger partial charge in [0.05, 0.1) is 17.2 Å². The van der Waals surface area contributed by atoms with E-state index in [9.17, 15) is 5.26 Å². The van der Waals surface area contributed by atoms with Crippen LogP contribution >= 0.6 is 0 Å². The van der Waals surface area contributed by atoms with Gasteiger partial charge in [0.2, 0.25) is 5.69 Å². The Kier molecular flexibility index (Phi) is 4.78. The molecule has 4 aromatic rings. The molecule has 2 aromatic carbocycles. The molecule has 3 heteroatoms. The standard InChI is InChI=1S/C34H35N2O/c1-20-12-14-22-23-15-13-21(18-35)27(30(23)37-29(22)26(20)25-11-9-10-16-36(25)8)24-17-32(2,3)31-28(24)33(4,5)19-34(31,6)7/h9-17H,19H2,1-8H3/q+1. The average Bonchev–Trinajstić information content (AvgIpc) is 3.39. The van der Waals surface area contributed by atoms with Gasteiger partial charge < -0.3 is 4.42 Å². The number of hydrogen-bond donors (Lipinski definition) is 0. The lowest BCUT2D eigenvalue weighted by atomic mass is 9.71. The van der Waals surface area contributed by atoms with Crippen molar-refractivity contribution in [3.63, 3.8) is 0 Å². The van der Waals surface area contributed by atoms with Crippen molar-refractivity contribution >= 4 is 27.5 Å². The minimum absolute atomic E-state index is 0.0128. The SMILES string of the molecule is Cc1ccc2c(oc3c(C4=CC(C)(C)C5=C4C(C)(C)CC5(C)C)c(C#N)ccc32)c1-c1cccc[n+]1C. The van der Waals surface area contributed by atoms with Gasteiger partial charge in [-0.2, -0.15) is 5.26 Å². The highest BCUT2D eigenvalue weighted by Crippen LogP contribution is 2.66. The van der Waals surface area contributed by atoms with Crippen LogP contribution < -0.4 is 4.57 Å². The van der Waals surface area contributed by atoms with Crippen LogP contribution in [0.5, 0.6) is 0 Å². The number of allylic oxidation sites excluding steroid dienone is 4. The van der Waals surface area contributed by atoms with Gasteiger partial charge in [0, 0.05) is 33.9 Å². The quantitative estimate of drug-likeness (QED) is 0.266. The van der Waals surface area contributed by atoms with E-state index in [0.29, 0.717) is 5.56 Å². The van der Waals surface area contributed by atoms with Crippen LogP contribution in [0.25, 0.3) is 38.8 Å². The highest BCUT2D eigenvalue weighted by atomic mass is 16.3. The van der Waals surface area contributed by atoms with Crippen molar-refractivity contribution in [3.05, 3.63) is 82.6 Å². The summed E-state index contributed by atoms with van der Waals surface area (Å²) in [4.78, 5) is 0. The maximum Gasteiger partial charge on any atom is 0.216 e. The maximum atomic E-state index is 10.3. The van der Waals surface area contributed by atoms with E-state index in [1.807, 2.05) is 12.1 Å². The van der Waals surface area contributed by atoms with Crippen LogP contribution in [0.1, 0.15) is 64.7 Å². The van der Waals surface area contributed by atoms with Crippen molar-refractivity contribution in [2.24, 2.45) is 23.3 Å². The molecule has 0 radical (unpaired) electrons. The van der Waals surface area contributed by atoms with Crippen LogP contribution in [0.2, 0.25) is 0 Å². The monoisotopic (exact) mass is 487 g/mol. The van der Waals surface area contributed by atoms with Crippen LogP contribution in [-0.2, 0) is 7.05 Å². The van der Waals surface area contributed by atoms with Crippen molar-refractivity contribution in [3.8, 4) is 17.3 Å². The first-order valence-corrected chi connectivity index (χ1v) is 13.2. The van der Waals surface area contributed by atoms with Crippen molar-refractivity contribution in [1.82, 2.24) is 0 Å². The number of aromatic nitrogens is 1. The van der Waals surface area contributed by atoms with Crippen molar-refractivity contribution < 1.29 is 8.98 Å². The van der Waals surface area contributed by atoms with Crippen LogP contribution in [0.4, 0.5) is 0 Å². The molecule has 0 saturated heterocycles. The molecule has 3 nitrogen and oxygen atoms in total. The molecule has 0 unspecified atom stereocenters. The number of aryl methyl sites for hydroxylation is 2. The molecule has 0 spiro atoms. The molecule has 0 aliphatic heterocycles. The lowest BCUT2D eigenvalue weighted by molar-refractivity contribution is -0.660. The van der Waals surface area contributed by atoms with Crippen LogP contribution in [-0.4, -0.2) is 0 Å². The fourth-order valence-electron chi connectivity index (χ4n) is 7.82. The number of hydrogen-bond acceptors (Lipinski definition) is 2. The molecule has 0 fully saturated rings. The second-order valence-corrected chi connectivity index (χ2v) is 12.9. The molecule has 2 heterocycles. The Labute approximate surface area is 219 Å². The molecule has 0 N–H and O–H groups in total. The predicted octanol–water partition coefficient (Wildman–Crippen LogP) is 8.43. The normalized spacial score (nSPS) is 19.4. The number of fused-ring (bicyclic) bond motifs is 3. The molecule has 0 amide bonds. The van der Waals surface area contributed by atoms with Crippen molar-refractivity contribution in [1.29, 1.82) is 5.26 Å². The summed E-state index contributed by atoms with van der Waals surface area (Å²) in [6, 6.07) is 17.1. The zero-order valence-corrected chi connectivity index (χ0v) is 23.2. The molecule has 2 aliphatic carbocycles. The third kappa shape index (κ3) is 3.21. The number of nitriles is 1. The first-order valence-electron chi connectivity index (χ1n) is 13.2. The first kappa shape index (κ1) is 23.7. The lowest BCUT2D eigenvalue weighted by Crippen LogP contribution is -2.30. The van der Waals surface area contributed by atoms with E-state index < -0.39 is 0 Å². The van der Waals surface area contributed by atoms with E-state index in [1.54, 1.807) is 0 Å². The summed E-state index contributed by atoms with van der Waals surface area (Å²) in [5.74, 6) is 0. The van der Waals surface area contributed by atoms with Crippen LogP contribution in [0.3, 0.4) is 0 Å². The van der Waals surface area contributed by atoms with Gasteiger partial charge in [0.15, 0.2) is 6.20 Å². The van der Waals surface area contributed by atoms with Crippen molar-refractivity contribution in [2.75, 3.05) is 0 Å². The largest absolute Gasteiger partial charge is 0.454 e. The van der Waals surface area contributed by atoms with E-state index in [1.165, 1.54) is 22.3 Å². The number of benzene rings is 2. The van der Waals surface area contributed by atoms with E-state index >= 15 is 0 Å². The molecule has 2 aliphatic rings. The Morgan fingerprint density at radius 2 is 1.54 bits per heavy atom. The zero-order valence-electron chi connectivity index (χ0n) is 23.2. The minimum Gasteiger partial charge on any atom is -0.454 e. The molecular weight excluding hydrogens is 452 g/mol. The summed E-state index contributed by atoms with van der Waals surface area (Å²) in [7, 11) is 2.07. The Balaban J connectivity index is 1.73. The van der Waals surface area contributed by atoms with Gasteiger partial charge >= 0.3 is 0 Å². The predicted molar refractivity (Wildman–Crippen MR) is 151 cm³/mol. The molecule has 37 heavy (non-hydrogen) atoms. The molecular formula is C34H35N2O+. The fourth-order valence-corrected chi connectivity index (χ4v) is 7.82. The number of pyridine rings is 1. The molecule has 6 rings (SSSR count). The summed E-state index contributed by atoms with van der Waals surface area (Å²) in [6.07, 6.45) is 5.56. The minimum atomic E-state index is -0.0810. The number of rotatable bonds is 2. The Morgan fingerprint density at radius 3 is 2.22 bits per heavy atom. The summed E-state index contributed by atoms with van der Waals surface area (Å²) < 4.78 is 9.01. The second kappa shape index (κ2) is 7.45.